The Morgan fingerprint density at radius 3 is 2.68 bits per heavy atom. The van der Waals surface area contributed by atoms with Gasteiger partial charge in [0.25, 0.3) is 0 Å². The number of fused-ring (bicyclic) bond motifs is 2. The van der Waals surface area contributed by atoms with Crippen LogP contribution in [-0.4, -0.2) is 27.7 Å². The highest BCUT2D eigenvalue weighted by Gasteiger charge is 2.29. The van der Waals surface area contributed by atoms with Gasteiger partial charge < -0.3 is 15.4 Å². The summed E-state index contributed by atoms with van der Waals surface area (Å²) in [5.41, 5.74) is 3.04. The minimum absolute atomic E-state index is 0.0103. The summed E-state index contributed by atoms with van der Waals surface area (Å²) in [4.78, 5) is 11.8. The second-order valence-electron chi connectivity index (χ2n) is 7.39. The van der Waals surface area contributed by atoms with Crippen molar-refractivity contribution in [3.8, 4) is 5.75 Å². The second-order valence-corrected chi connectivity index (χ2v) is 7.39. The molecule has 1 aromatic carbocycles. The van der Waals surface area contributed by atoms with Crippen LogP contribution < -0.4 is 15.4 Å². The maximum Gasteiger partial charge on any atom is 0.315 e. The summed E-state index contributed by atoms with van der Waals surface area (Å²) in [6, 6.07) is 11.8. The molecule has 0 bridgehead atoms. The molecule has 4 rings (SSSR count). The van der Waals surface area contributed by atoms with E-state index in [0.717, 1.165) is 41.2 Å². The smallest absolute Gasteiger partial charge is 0.315 e. The Morgan fingerprint density at radius 1 is 1.14 bits per heavy atom. The van der Waals surface area contributed by atoms with E-state index < -0.39 is 0 Å². The van der Waals surface area contributed by atoms with Gasteiger partial charge in [0.1, 0.15) is 17.7 Å². The number of pyridine rings is 1. The number of amides is 2. The summed E-state index contributed by atoms with van der Waals surface area (Å²) in [6.07, 6.45) is 3.54. The Bertz CT molecular complexity index is 997. The topological polar surface area (TPSA) is 80.5 Å². The van der Waals surface area contributed by atoms with Gasteiger partial charge in [-0.3, -0.25) is 4.40 Å². The van der Waals surface area contributed by atoms with Crippen molar-refractivity contribution in [1.82, 2.24) is 25.2 Å². The third-order valence-corrected chi connectivity index (χ3v) is 5.16. The highest BCUT2D eigenvalue weighted by molar-refractivity contribution is 5.74. The van der Waals surface area contributed by atoms with Gasteiger partial charge in [-0.2, -0.15) is 0 Å². The molecule has 2 N–H and O–H groups in total. The number of urea groups is 1. The van der Waals surface area contributed by atoms with E-state index in [1.807, 2.05) is 34.9 Å². The predicted molar refractivity (Wildman–Crippen MR) is 106 cm³/mol. The van der Waals surface area contributed by atoms with Crippen molar-refractivity contribution in [1.29, 1.82) is 0 Å². The monoisotopic (exact) mass is 379 g/mol. The number of aromatic nitrogens is 3. The molecule has 2 aromatic heterocycles. The van der Waals surface area contributed by atoms with Gasteiger partial charge >= 0.3 is 6.03 Å². The van der Waals surface area contributed by atoms with Crippen LogP contribution in [0.5, 0.6) is 5.75 Å². The van der Waals surface area contributed by atoms with Crippen LogP contribution in [0.15, 0.2) is 42.6 Å². The fraction of sp³-hybridized carbons (Fsp3) is 0.381. The van der Waals surface area contributed by atoms with Crippen molar-refractivity contribution in [2.75, 3.05) is 7.05 Å². The van der Waals surface area contributed by atoms with Crippen LogP contribution in [0.1, 0.15) is 61.7 Å². The van der Waals surface area contributed by atoms with E-state index >= 15 is 0 Å². The molecule has 0 saturated heterocycles. The average Bonchev–Trinajstić information content (AvgIpc) is 3.13. The lowest BCUT2D eigenvalue weighted by Crippen LogP contribution is -2.38. The molecule has 3 aromatic rings. The largest absolute Gasteiger partial charge is 0.484 e. The lowest BCUT2D eigenvalue weighted by atomic mass is 9.85. The number of rotatable bonds is 4. The molecule has 2 amide bonds. The minimum atomic E-state index is -0.168. The molecule has 0 fully saturated rings. The first-order valence-electron chi connectivity index (χ1n) is 9.65. The van der Waals surface area contributed by atoms with Crippen molar-refractivity contribution < 1.29 is 9.53 Å². The minimum Gasteiger partial charge on any atom is -0.484 e. The van der Waals surface area contributed by atoms with Gasteiger partial charge in [-0.1, -0.05) is 38.1 Å². The summed E-state index contributed by atoms with van der Waals surface area (Å²) in [6.45, 7) is 4.20. The Balaban J connectivity index is 1.61. The van der Waals surface area contributed by atoms with Crippen LogP contribution in [0.3, 0.4) is 0 Å². The zero-order chi connectivity index (χ0) is 19.7. The highest BCUT2D eigenvalue weighted by atomic mass is 16.5. The van der Waals surface area contributed by atoms with Crippen molar-refractivity contribution in [3.05, 3.63) is 59.5 Å². The first kappa shape index (κ1) is 18.3. The van der Waals surface area contributed by atoms with Gasteiger partial charge in [0.2, 0.25) is 0 Å². The quantitative estimate of drug-likeness (QED) is 0.724. The van der Waals surface area contributed by atoms with Crippen molar-refractivity contribution in [3.63, 3.8) is 0 Å². The average molecular weight is 379 g/mol. The summed E-state index contributed by atoms with van der Waals surface area (Å²) in [5, 5.41) is 14.1. The molecule has 2 atom stereocenters. The number of benzene rings is 1. The van der Waals surface area contributed by atoms with E-state index in [1.165, 1.54) is 0 Å². The molecule has 7 heteroatoms. The maximum absolute atomic E-state index is 11.8. The number of carbonyl (C=O) groups is 1. The first-order chi connectivity index (χ1) is 13.6. The van der Waals surface area contributed by atoms with Gasteiger partial charge in [-0.15, -0.1) is 10.2 Å². The fourth-order valence-corrected chi connectivity index (χ4v) is 3.77. The van der Waals surface area contributed by atoms with E-state index in [9.17, 15) is 4.79 Å². The standard InChI is InChI=1S/C21H25N5O2/c1-13(2)20-25-24-19-11-8-14(12-26(19)20)28-18-10-9-17(23-21(27)22-3)15-6-4-5-7-16(15)18/h4-8,11-13,17-18H,9-10H2,1-3H3,(H2,22,23,27). The van der Waals surface area contributed by atoms with Gasteiger partial charge in [0.15, 0.2) is 5.65 Å². The Kier molecular flexibility index (Phi) is 4.90. The third kappa shape index (κ3) is 3.40. The summed E-state index contributed by atoms with van der Waals surface area (Å²) in [7, 11) is 1.63. The van der Waals surface area contributed by atoms with Crippen LogP contribution in [0.4, 0.5) is 4.79 Å². The zero-order valence-corrected chi connectivity index (χ0v) is 16.3. The lowest BCUT2D eigenvalue weighted by molar-refractivity contribution is 0.171. The zero-order valence-electron chi connectivity index (χ0n) is 16.3. The molecule has 146 valence electrons. The maximum atomic E-state index is 11.8. The van der Waals surface area contributed by atoms with Gasteiger partial charge in [0.05, 0.1) is 12.2 Å². The van der Waals surface area contributed by atoms with Crippen molar-refractivity contribution >= 4 is 11.7 Å². The van der Waals surface area contributed by atoms with Crippen molar-refractivity contribution in [2.24, 2.45) is 0 Å². The molecule has 1 aliphatic carbocycles. The first-order valence-corrected chi connectivity index (χ1v) is 9.65. The number of nitrogens with zero attached hydrogens (tertiary/aromatic N) is 3. The molecule has 1 aliphatic rings. The van der Waals surface area contributed by atoms with Gasteiger partial charge in [0, 0.05) is 13.0 Å². The molecular formula is C21H25N5O2. The van der Waals surface area contributed by atoms with E-state index in [-0.39, 0.29) is 24.1 Å². The Labute approximate surface area is 164 Å². The third-order valence-electron chi connectivity index (χ3n) is 5.16. The molecule has 7 nitrogen and oxygen atoms in total. The molecule has 0 spiro atoms. The second kappa shape index (κ2) is 7.50. The van der Waals surface area contributed by atoms with Gasteiger partial charge in [-0.25, -0.2) is 4.79 Å². The van der Waals surface area contributed by atoms with Crippen LogP contribution >= 0.6 is 0 Å². The number of nitrogens with one attached hydrogen (secondary N) is 2. The fourth-order valence-electron chi connectivity index (χ4n) is 3.77. The molecule has 0 radical (unpaired) electrons. The summed E-state index contributed by atoms with van der Waals surface area (Å²) in [5.74, 6) is 1.98. The summed E-state index contributed by atoms with van der Waals surface area (Å²) < 4.78 is 8.36. The predicted octanol–water partition coefficient (Wildman–Crippen LogP) is 3.74. The number of ether oxygens (including phenoxy) is 1. The Hall–Kier alpha value is -3.09. The molecular weight excluding hydrogens is 354 g/mol. The van der Waals surface area contributed by atoms with E-state index in [4.69, 9.17) is 4.74 Å². The van der Waals surface area contributed by atoms with Crippen LogP contribution in [0, 0.1) is 0 Å². The number of hydrogen-bond acceptors (Lipinski definition) is 4. The van der Waals surface area contributed by atoms with Crippen LogP contribution in [0.2, 0.25) is 0 Å². The van der Waals surface area contributed by atoms with E-state index in [0.29, 0.717) is 0 Å². The Morgan fingerprint density at radius 2 is 1.93 bits per heavy atom. The molecule has 0 saturated carbocycles. The molecule has 2 unspecified atom stereocenters. The van der Waals surface area contributed by atoms with Crippen LogP contribution in [-0.2, 0) is 0 Å². The molecule has 28 heavy (non-hydrogen) atoms. The molecule has 0 aliphatic heterocycles. The summed E-state index contributed by atoms with van der Waals surface area (Å²) >= 11 is 0. The van der Waals surface area contributed by atoms with E-state index in [1.54, 1.807) is 7.05 Å². The van der Waals surface area contributed by atoms with E-state index in [2.05, 4.69) is 46.8 Å². The number of hydrogen-bond donors (Lipinski definition) is 2. The highest BCUT2D eigenvalue weighted by Crippen LogP contribution is 2.38. The SMILES string of the molecule is CNC(=O)NC1CCC(Oc2ccc3nnc(C(C)C)n3c2)c2ccccc21. The molecule has 2 heterocycles. The number of carbonyl (C=O) groups excluding carboxylic acids is 1. The lowest BCUT2D eigenvalue weighted by Gasteiger charge is -2.32. The normalized spacial score (nSPS) is 18.7. The van der Waals surface area contributed by atoms with Gasteiger partial charge in [-0.05, 0) is 36.1 Å². The van der Waals surface area contributed by atoms with Crippen molar-refractivity contribution in [2.45, 2.75) is 44.8 Å². The van der Waals surface area contributed by atoms with Crippen LogP contribution in [0.25, 0.3) is 5.65 Å².